The highest BCUT2D eigenvalue weighted by molar-refractivity contribution is 5.99. The van der Waals surface area contributed by atoms with E-state index in [0.29, 0.717) is 47.6 Å². The van der Waals surface area contributed by atoms with Crippen molar-refractivity contribution < 1.29 is 23.4 Å². The van der Waals surface area contributed by atoms with Crippen LogP contribution in [-0.4, -0.2) is 38.2 Å². The molecule has 1 amide bonds. The Morgan fingerprint density at radius 3 is 2.44 bits per heavy atom. The predicted molar refractivity (Wildman–Crippen MR) is 150 cm³/mol. The van der Waals surface area contributed by atoms with E-state index in [0.717, 1.165) is 28.0 Å². The number of fused-ring (bicyclic) bond motifs is 2. The standard InChI is InChI=1S/C32H31NO6/c1-6-15-38-24-12-9-22(18-25(24)37-5)29-28-30(34)27-20(3)16-19(2)17-26(27)39-31(28)32(35)33(29)14-13-21-7-10-23(36-4)11-8-21/h6-12,16-18,29H,1,13-15H2,2-5H3. The van der Waals surface area contributed by atoms with Gasteiger partial charge in [0.05, 0.1) is 31.2 Å². The smallest absolute Gasteiger partial charge is 0.290 e. The van der Waals surface area contributed by atoms with Crippen LogP contribution in [0.1, 0.15) is 44.4 Å². The first-order valence-electron chi connectivity index (χ1n) is 12.8. The molecular formula is C32H31NO6. The molecule has 39 heavy (non-hydrogen) atoms. The van der Waals surface area contributed by atoms with Gasteiger partial charge < -0.3 is 23.5 Å². The Labute approximate surface area is 227 Å². The topological polar surface area (TPSA) is 78.2 Å². The molecule has 0 saturated heterocycles. The van der Waals surface area contributed by atoms with Crippen molar-refractivity contribution in [2.75, 3.05) is 27.4 Å². The molecule has 0 fully saturated rings. The van der Waals surface area contributed by atoms with E-state index >= 15 is 0 Å². The third-order valence-corrected chi connectivity index (χ3v) is 7.07. The zero-order chi connectivity index (χ0) is 27.7. The first kappa shape index (κ1) is 26.1. The molecule has 4 aromatic rings. The van der Waals surface area contributed by atoms with Crippen LogP contribution in [0.4, 0.5) is 0 Å². The Bertz CT molecular complexity index is 1620. The van der Waals surface area contributed by atoms with Gasteiger partial charge in [-0.1, -0.05) is 36.9 Å². The monoisotopic (exact) mass is 525 g/mol. The van der Waals surface area contributed by atoms with E-state index in [1.165, 1.54) is 0 Å². The molecule has 1 atom stereocenters. The Hall–Kier alpha value is -4.52. The molecule has 0 N–H and O–H groups in total. The van der Waals surface area contributed by atoms with E-state index < -0.39 is 6.04 Å². The fourth-order valence-corrected chi connectivity index (χ4v) is 5.25. The van der Waals surface area contributed by atoms with Gasteiger partial charge in [0.25, 0.3) is 5.91 Å². The number of hydrogen-bond acceptors (Lipinski definition) is 6. The summed E-state index contributed by atoms with van der Waals surface area (Å²) in [6.07, 6.45) is 2.24. The maximum atomic E-state index is 14.0. The quantitative estimate of drug-likeness (QED) is 0.258. The zero-order valence-electron chi connectivity index (χ0n) is 22.6. The van der Waals surface area contributed by atoms with Gasteiger partial charge in [-0.05, 0) is 72.9 Å². The van der Waals surface area contributed by atoms with E-state index in [1.54, 1.807) is 37.3 Å². The first-order chi connectivity index (χ1) is 18.9. The summed E-state index contributed by atoms with van der Waals surface area (Å²) in [5, 5.41) is 0.493. The molecule has 1 aliphatic heterocycles. The number of ether oxygens (including phenoxy) is 3. The van der Waals surface area contributed by atoms with Crippen molar-refractivity contribution in [1.82, 2.24) is 4.90 Å². The molecule has 0 saturated carbocycles. The maximum Gasteiger partial charge on any atom is 0.290 e. The SMILES string of the molecule is C=CCOc1ccc(C2c3c(oc4cc(C)cc(C)c4c3=O)C(=O)N2CCc2ccc(OC)cc2)cc1OC. The Morgan fingerprint density at radius 1 is 0.974 bits per heavy atom. The van der Waals surface area contributed by atoms with Gasteiger partial charge in [-0.3, -0.25) is 9.59 Å². The number of aryl methyl sites for hydroxylation is 2. The van der Waals surface area contributed by atoms with Gasteiger partial charge in [0.2, 0.25) is 5.76 Å². The van der Waals surface area contributed by atoms with Gasteiger partial charge in [0, 0.05) is 6.54 Å². The number of methoxy groups -OCH3 is 2. The summed E-state index contributed by atoms with van der Waals surface area (Å²) in [6.45, 7) is 8.22. The molecule has 0 bridgehead atoms. The number of carbonyl (C=O) groups excluding carboxylic acids is 1. The summed E-state index contributed by atoms with van der Waals surface area (Å²) in [5.41, 5.74) is 4.12. The molecule has 7 heteroatoms. The van der Waals surface area contributed by atoms with Crippen molar-refractivity contribution in [2.45, 2.75) is 26.3 Å². The van der Waals surface area contributed by atoms with E-state index in [4.69, 9.17) is 18.6 Å². The lowest BCUT2D eigenvalue weighted by Crippen LogP contribution is -2.31. The molecule has 1 aromatic heterocycles. The van der Waals surface area contributed by atoms with Crippen LogP contribution in [0.2, 0.25) is 0 Å². The van der Waals surface area contributed by atoms with Crippen LogP contribution < -0.4 is 19.6 Å². The predicted octanol–water partition coefficient (Wildman–Crippen LogP) is 5.78. The summed E-state index contributed by atoms with van der Waals surface area (Å²) in [7, 11) is 3.18. The minimum absolute atomic E-state index is 0.0863. The lowest BCUT2D eigenvalue weighted by molar-refractivity contribution is 0.0730. The highest BCUT2D eigenvalue weighted by Crippen LogP contribution is 2.41. The van der Waals surface area contributed by atoms with Gasteiger partial charge in [-0.25, -0.2) is 0 Å². The molecule has 5 rings (SSSR count). The van der Waals surface area contributed by atoms with Crippen LogP contribution in [0.3, 0.4) is 0 Å². The fraction of sp³-hybridized carbons (Fsp3) is 0.250. The summed E-state index contributed by atoms with van der Waals surface area (Å²) >= 11 is 0. The average Bonchev–Trinajstić information content (AvgIpc) is 3.21. The van der Waals surface area contributed by atoms with E-state index in [9.17, 15) is 9.59 Å². The minimum atomic E-state index is -0.644. The highest BCUT2D eigenvalue weighted by Gasteiger charge is 2.43. The normalized spacial score (nSPS) is 14.4. The average molecular weight is 526 g/mol. The second kappa shape index (κ2) is 10.7. The van der Waals surface area contributed by atoms with Crippen LogP contribution in [0.15, 0.2) is 76.5 Å². The number of rotatable bonds is 9. The number of benzene rings is 3. The summed E-state index contributed by atoms with van der Waals surface area (Å²) in [6, 6.07) is 16.3. The lowest BCUT2D eigenvalue weighted by atomic mass is 9.96. The number of amides is 1. The number of hydrogen-bond donors (Lipinski definition) is 0. The molecule has 7 nitrogen and oxygen atoms in total. The Balaban J connectivity index is 1.63. The molecule has 0 radical (unpaired) electrons. The summed E-state index contributed by atoms with van der Waals surface area (Å²) in [4.78, 5) is 29.6. The van der Waals surface area contributed by atoms with Crippen LogP contribution in [0, 0.1) is 13.8 Å². The third kappa shape index (κ3) is 4.76. The van der Waals surface area contributed by atoms with Gasteiger partial charge >= 0.3 is 0 Å². The van der Waals surface area contributed by atoms with Crippen molar-refractivity contribution >= 4 is 16.9 Å². The molecule has 2 heterocycles. The van der Waals surface area contributed by atoms with Gasteiger partial charge in [-0.2, -0.15) is 0 Å². The molecule has 200 valence electrons. The molecule has 0 aliphatic carbocycles. The van der Waals surface area contributed by atoms with Crippen molar-refractivity contribution in [3.63, 3.8) is 0 Å². The first-order valence-corrected chi connectivity index (χ1v) is 12.8. The van der Waals surface area contributed by atoms with Crippen LogP contribution in [-0.2, 0) is 6.42 Å². The van der Waals surface area contributed by atoms with Crippen molar-refractivity contribution in [3.05, 3.63) is 111 Å². The number of nitrogens with zero attached hydrogens (tertiary/aromatic N) is 1. The van der Waals surface area contributed by atoms with E-state index in [1.807, 2.05) is 56.3 Å². The molecule has 1 unspecified atom stereocenters. The van der Waals surface area contributed by atoms with Crippen LogP contribution in [0.5, 0.6) is 17.2 Å². The van der Waals surface area contributed by atoms with Crippen molar-refractivity contribution in [2.24, 2.45) is 0 Å². The summed E-state index contributed by atoms with van der Waals surface area (Å²) < 4.78 is 22.8. The molecular weight excluding hydrogens is 494 g/mol. The van der Waals surface area contributed by atoms with Crippen molar-refractivity contribution in [1.29, 1.82) is 0 Å². The zero-order valence-corrected chi connectivity index (χ0v) is 22.6. The van der Waals surface area contributed by atoms with Gasteiger partial charge in [-0.15, -0.1) is 0 Å². The molecule has 3 aromatic carbocycles. The number of carbonyl (C=O) groups is 1. The van der Waals surface area contributed by atoms with Gasteiger partial charge in [0.15, 0.2) is 16.9 Å². The second-order valence-corrected chi connectivity index (χ2v) is 9.64. The summed E-state index contributed by atoms with van der Waals surface area (Å²) in [5.74, 6) is 1.59. The lowest BCUT2D eigenvalue weighted by Gasteiger charge is -2.26. The fourth-order valence-electron chi connectivity index (χ4n) is 5.25. The van der Waals surface area contributed by atoms with E-state index in [2.05, 4.69) is 6.58 Å². The largest absolute Gasteiger partial charge is 0.497 e. The molecule has 1 aliphatic rings. The highest BCUT2D eigenvalue weighted by atomic mass is 16.5. The molecule has 0 spiro atoms. The second-order valence-electron chi connectivity index (χ2n) is 9.64. The minimum Gasteiger partial charge on any atom is -0.497 e. The van der Waals surface area contributed by atoms with Gasteiger partial charge in [0.1, 0.15) is 17.9 Å². The Kier molecular flexibility index (Phi) is 7.15. The maximum absolute atomic E-state index is 14.0. The van der Waals surface area contributed by atoms with Crippen LogP contribution >= 0.6 is 0 Å². The Morgan fingerprint density at radius 2 is 1.74 bits per heavy atom. The third-order valence-electron chi connectivity index (χ3n) is 7.07. The van der Waals surface area contributed by atoms with Crippen molar-refractivity contribution in [3.8, 4) is 17.2 Å². The van der Waals surface area contributed by atoms with E-state index in [-0.39, 0.29) is 17.1 Å². The van der Waals surface area contributed by atoms with Crippen LogP contribution in [0.25, 0.3) is 11.0 Å².